The highest BCUT2D eigenvalue weighted by atomic mass is 79.9. The van der Waals surface area contributed by atoms with Crippen LogP contribution in [0.4, 0.5) is 0 Å². The molecule has 0 bridgehead atoms. The number of unbranched alkanes of at least 4 members (excludes halogenated alkanes) is 1. The maximum Gasteiger partial charge on any atom is 0.0410 e. The molecule has 1 N–H and O–H groups in total. The summed E-state index contributed by atoms with van der Waals surface area (Å²) < 4.78 is 1.07. The van der Waals surface area contributed by atoms with Crippen LogP contribution in [0.15, 0.2) is 22.9 Å². The minimum atomic E-state index is 0.567. The third-order valence-electron chi connectivity index (χ3n) is 3.71. The number of hydrogen-bond donors (Lipinski definition) is 1. The predicted molar refractivity (Wildman–Crippen MR) is 86.4 cm³/mol. The van der Waals surface area contributed by atoms with E-state index in [0.717, 1.165) is 23.4 Å². The smallest absolute Gasteiger partial charge is 0.0410 e. The molecule has 1 rings (SSSR count). The third kappa shape index (κ3) is 6.05. The van der Waals surface area contributed by atoms with Gasteiger partial charge in [0.25, 0.3) is 0 Å². The van der Waals surface area contributed by atoms with Crippen molar-refractivity contribution in [1.29, 1.82) is 0 Å². The van der Waals surface area contributed by atoms with E-state index in [0.29, 0.717) is 6.04 Å². The first-order valence-electron chi connectivity index (χ1n) is 7.54. The molecule has 0 fully saturated rings. The van der Waals surface area contributed by atoms with E-state index in [1.54, 1.807) is 0 Å². The monoisotopic (exact) mass is 326 g/mol. The van der Waals surface area contributed by atoms with Gasteiger partial charge >= 0.3 is 0 Å². The van der Waals surface area contributed by atoms with E-state index in [-0.39, 0.29) is 0 Å². The van der Waals surface area contributed by atoms with Crippen LogP contribution < -0.4 is 5.32 Å². The van der Waals surface area contributed by atoms with E-state index >= 15 is 0 Å². The average molecular weight is 327 g/mol. The molecule has 2 unspecified atom stereocenters. The van der Waals surface area contributed by atoms with Gasteiger partial charge in [-0.3, -0.25) is 4.98 Å². The number of rotatable bonds is 9. The van der Waals surface area contributed by atoms with E-state index in [1.165, 1.54) is 31.2 Å². The standard InChI is InChI=1S/C16H27BrN2/c1-4-7-8-14(5-2)16(19-6-3)10-13-9-15(17)12-18-11-13/h9,11-12,14,16,19H,4-8,10H2,1-3H3. The summed E-state index contributed by atoms with van der Waals surface area (Å²) in [5, 5.41) is 3.67. The van der Waals surface area contributed by atoms with Crippen LogP contribution in [0.2, 0.25) is 0 Å². The van der Waals surface area contributed by atoms with Crippen molar-refractivity contribution in [3.05, 3.63) is 28.5 Å². The Balaban J connectivity index is 2.69. The molecule has 0 saturated carbocycles. The number of likely N-dealkylation sites (N-methyl/N-ethyl adjacent to an activating group) is 1. The Kier molecular flexibility index (Phi) is 8.31. The average Bonchev–Trinajstić information content (AvgIpc) is 2.40. The van der Waals surface area contributed by atoms with Gasteiger partial charge in [0.05, 0.1) is 0 Å². The quantitative estimate of drug-likeness (QED) is 0.718. The first kappa shape index (κ1) is 16.6. The highest BCUT2D eigenvalue weighted by Gasteiger charge is 2.19. The molecule has 0 amide bonds. The lowest BCUT2D eigenvalue weighted by molar-refractivity contribution is 0.319. The fraction of sp³-hybridized carbons (Fsp3) is 0.688. The highest BCUT2D eigenvalue weighted by Crippen LogP contribution is 2.21. The molecule has 19 heavy (non-hydrogen) atoms. The topological polar surface area (TPSA) is 24.9 Å². The molecule has 0 radical (unpaired) electrons. The summed E-state index contributed by atoms with van der Waals surface area (Å²) >= 11 is 3.50. The minimum absolute atomic E-state index is 0.567. The van der Waals surface area contributed by atoms with Crippen molar-refractivity contribution >= 4 is 15.9 Å². The van der Waals surface area contributed by atoms with Crippen molar-refractivity contribution in [2.24, 2.45) is 5.92 Å². The van der Waals surface area contributed by atoms with Gasteiger partial charge in [0.1, 0.15) is 0 Å². The molecule has 0 spiro atoms. The summed E-state index contributed by atoms with van der Waals surface area (Å²) in [6.45, 7) is 7.81. The van der Waals surface area contributed by atoms with Crippen LogP contribution in [0.5, 0.6) is 0 Å². The summed E-state index contributed by atoms with van der Waals surface area (Å²) in [4.78, 5) is 4.27. The van der Waals surface area contributed by atoms with Crippen LogP contribution in [-0.2, 0) is 6.42 Å². The van der Waals surface area contributed by atoms with Crippen molar-refractivity contribution in [2.75, 3.05) is 6.54 Å². The normalized spacial score (nSPS) is 14.3. The maximum absolute atomic E-state index is 4.27. The molecule has 1 aromatic rings. The lowest BCUT2D eigenvalue weighted by atomic mass is 9.87. The van der Waals surface area contributed by atoms with Crippen LogP contribution in [-0.4, -0.2) is 17.6 Å². The largest absolute Gasteiger partial charge is 0.314 e. The Morgan fingerprint density at radius 3 is 2.63 bits per heavy atom. The Morgan fingerprint density at radius 1 is 1.26 bits per heavy atom. The van der Waals surface area contributed by atoms with Crippen LogP contribution >= 0.6 is 15.9 Å². The van der Waals surface area contributed by atoms with Gasteiger partial charge in [0.2, 0.25) is 0 Å². The van der Waals surface area contributed by atoms with E-state index in [9.17, 15) is 0 Å². The summed E-state index contributed by atoms with van der Waals surface area (Å²) in [6.07, 6.45) is 10.1. The van der Waals surface area contributed by atoms with Gasteiger partial charge in [-0.25, -0.2) is 0 Å². The van der Waals surface area contributed by atoms with E-state index < -0.39 is 0 Å². The summed E-state index contributed by atoms with van der Waals surface area (Å²) in [5.41, 5.74) is 1.32. The summed E-state index contributed by atoms with van der Waals surface area (Å²) in [7, 11) is 0. The Hall–Kier alpha value is -0.410. The van der Waals surface area contributed by atoms with Gasteiger partial charge in [0.15, 0.2) is 0 Å². The van der Waals surface area contributed by atoms with E-state index in [2.05, 4.69) is 53.1 Å². The Labute approximate surface area is 126 Å². The first-order chi connectivity index (χ1) is 9.21. The van der Waals surface area contributed by atoms with Gasteiger partial charge in [0, 0.05) is 22.9 Å². The third-order valence-corrected chi connectivity index (χ3v) is 4.14. The number of nitrogens with zero attached hydrogens (tertiary/aromatic N) is 1. The molecular formula is C16H27BrN2. The van der Waals surface area contributed by atoms with Gasteiger partial charge in [-0.2, -0.15) is 0 Å². The van der Waals surface area contributed by atoms with Gasteiger partial charge in [-0.1, -0.05) is 40.0 Å². The van der Waals surface area contributed by atoms with Gasteiger partial charge < -0.3 is 5.32 Å². The zero-order valence-corrected chi connectivity index (χ0v) is 14.0. The van der Waals surface area contributed by atoms with Crippen LogP contribution in [0.3, 0.4) is 0 Å². The second kappa shape index (κ2) is 9.49. The zero-order valence-electron chi connectivity index (χ0n) is 12.5. The van der Waals surface area contributed by atoms with Gasteiger partial charge in [-0.15, -0.1) is 0 Å². The highest BCUT2D eigenvalue weighted by molar-refractivity contribution is 9.10. The predicted octanol–water partition coefficient (Wildman–Crippen LogP) is 4.58. The summed E-state index contributed by atoms with van der Waals surface area (Å²) in [6, 6.07) is 2.75. The number of aromatic nitrogens is 1. The van der Waals surface area contributed by atoms with Crippen molar-refractivity contribution in [1.82, 2.24) is 10.3 Å². The molecule has 0 aliphatic heterocycles. The van der Waals surface area contributed by atoms with Crippen molar-refractivity contribution in [3.8, 4) is 0 Å². The molecule has 108 valence electrons. The van der Waals surface area contributed by atoms with Crippen LogP contribution in [0.25, 0.3) is 0 Å². The number of pyridine rings is 1. The second-order valence-electron chi connectivity index (χ2n) is 5.19. The Morgan fingerprint density at radius 2 is 2.05 bits per heavy atom. The fourth-order valence-electron chi connectivity index (χ4n) is 2.65. The van der Waals surface area contributed by atoms with Crippen molar-refractivity contribution in [2.45, 2.75) is 58.9 Å². The Bertz CT molecular complexity index is 354. The first-order valence-corrected chi connectivity index (χ1v) is 8.33. The number of hydrogen-bond acceptors (Lipinski definition) is 2. The van der Waals surface area contributed by atoms with Crippen LogP contribution in [0.1, 0.15) is 52.0 Å². The molecule has 2 nitrogen and oxygen atoms in total. The SMILES string of the molecule is CCCCC(CC)C(Cc1cncc(Br)c1)NCC. The number of nitrogens with one attached hydrogen (secondary N) is 1. The molecule has 1 aromatic heterocycles. The molecule has 3 heteroatoms. The van der Waals surface area contributed by atoms with Crippen molar-refractivity contribution < 1.29 is 0 Å². The lowest BCUT2D eigenvalue weighted by Gasteiger charge is -2.27. The van der Waals surface area contributed by atoms with Crippen molar-refractivity contribution in [3.63, 3.8) is 0 Å². The molecule has 1 heterocycles. The fourth-order valence-corrected chi connectivity index (χ4v) is 3.06. The van der Waals surface area contributed by atoms with E-state index in [1.807, 2.05) is 12.4 Å². The lowest BCUT2D eigenvalue weighted by Crippen LogP contribution is -2.38. The minimum Gasteiger partial charge on any atom is -0.314 e. The molecule has 0 aliphatic carbocycles. The molecule has 2 atom stereocenters. The van der Waals surface area contributed by atoms with Gasteiger partial charge in [-0.05, 0) is 52.9 Å². The number of halogens is 1. The molecule has 0 aromatic carbocycles. The molecular weight excluding hydrogens is 300 g/mol. The van der Waals surface area contributed by atoms with Crippen LogP contribution in [0, 0.1) is 5.92 Å². The summed E-state index contributed by atoms with van der Waals surface area (Å²) in [5.74, 6) is 0.763. The van der Waals surface area contributed by atoms with E-state index in [4.69, 9.17) is 0 Å². The molecule has 0 aliphatic rings. The second-order valence-corrected chi connectivity index (χ2v) is 6.11. The zero-order chi connectivity index (χ0) is 14.1. The molecule has 0 saturated heterocycles. The maximum atomic E-state index is 4.27.